The average molecular weight is 591 g/mol. The lowest BCUT2D eigenvalue weighted by Crippen LogP contribution is -2.16. The topological polar surface area (TPSA) is 0 Å². The van der Waals surface area contributed by atoms with E-state index in [1.807, 2.05) is 0 Å². The number of hydrogen-bond acceptors (Lipinski definition) is 0. The van der Waals surface area contributed by atoms with Gasteiger partial charge in [0.1, 0.15) is 12.5 Å². The number of halogens is 4. The summed E-state index contributed by atoms with van der Waals surface area (Å²) in [6, 6.07) is 6.81. The molecule has 0 bridgehead atoms. The zero-order valence-electron chi connectivity index (χ0n) is 26.0. The number of fused-ring (bicyclic) bond motifs is 1. The van der Waals surface area contributed by atoms with Crippen molar-refractivity contribution in [2.45, 2.75) is 84.5 Å². The van der Waals surface area contributed by atoms with Gasteiger partial charge in [-0.05, 0) is 82.6 Å². The predicted molar refractivity (Wildman–Crippen MR) is 182 cm³/mol. The molecule has 0 aliphatic heterocycles. The van der Waals surface area contributed by atoms with Gasteiger partial charge in [0.25, 0.3) is 0 Å². The van der Waals surface area contributed by atoms with Crippen LogP contribution in [0.4, 0.5) is 17.6 Å². The first-order valence-corrected chi connectivity index (χ1v) is 15.5. The van der Waals surface area contributed by atoms with Crippen molar-refractivity contribution >= 4 is 5.57 Å². The van der Waals surface area contributed by atoms with E-state index >= 15 is 0 Å². The van der Waals surface area contributed by atoms with Crippen molar-refractivity contribution in [1.82, 2.24) is 0 Å². The molecule has 1 aromatic rings. The van der Waals surface area contributed by atoms with Gasteiger partial charge >= 0.3 is 0 Å². The number of benzene rings is 1. The second kappa shape index (κ2) is 19.3. The minimum atomic E-state index is -0.670. The average Bonchev–Trinajstić information content (AvgIpc) is 3.44. The Bertz CT molecular complexity index is 1200. The minimum absolute atomic E-state index is 0. The monoisotopic (exact) mass is 590 g/mol. The van der Waals surface area contributed by atoms with Crippen LogP contribution in [0, 0.1) is 11.8 Å². The fourth-order valence-corrected chi connectivity index (χ4v) is 6.02. The zero-order chi connectivity index (χ0) is 30.9. The number of hydrogen-bond donors (Lipinski definition) is 0. The van der Waals surface area contributed by atoms with Gasteiger partial charge in [-0.3, -0.25) is 8.78 Å². The van der Waals surface area contributed by atoms with E-state index in [-0.39, 0.29) is 29.5 Å². The molecule has 0 radical (unpaired) electrons. The summed E-state index contributed by atoms with van der Waals surface area (Å²) in [6.45, 7) is 10.9. The highest BCUT2D eigenvalue weighted by Gasteiger charge is 2.33. The van der Waals surface area contributed by atoms with Crippen LogP contribution < -0.4 is 0 Å². The standard InChI is InChI=1S/C37H47F3.CH3F.4H2/c1-5-7-8-9-10-11-13-27(3)34-19-16-29(24-30(34)6-2)25-32-14-12-15-37-35(32)20-21-36(37)33(26-39)18-17-31(22-23-38)28(4)40;1-2;;;;/h12,14-20,24,36-37H,3-11,13,21-23,25-26H2,1-2H3;1H3;4*1H/b31-17-,33-18+;;;;;. The first-order valence-electron chi connectivity index (χ1n) is 15.5. The fraction of sp³-hybridized carbons (Fsp3) is 0.474. The predicted octanol–water partition coefficient (Wildman–Crippen LogP) is 12.8. The van der Waals surface area contributed by atoms with E-state index in [0.717, 1.165) is 25.7 Å². The van der Waals surface area contributed by atoms with Crippen molar-refractivity contribution in [2.24, 2.45) is 11.8 Å². The van der Waals surface area contributed by atoms with Gasteiger partial charge in [-0.15, -0.1) is 0 Å². The van der Waals surface area contributed by atoms with Crippen molar-refractivity contribution < 1.29 is 23.3 Å². The summed E-state index contributed by atoms with van der Waals surface area (Å²) in [5, 5.41) is 0. The first kappa shape index (κ1) is 35.3. The highest BCUT2D eigenvalue weighted by Crippen LogP contribution is 2.44. The second-order valence-corrected chi connectivity index (χ2v) is 11.2. The van der Waals surface area contributed by atoms with Gasteiger partial charge < -0.3 is 0 Å². The van der Waals surface area contributed by atoms with Crippen LogP contribution in [0.1, 0.15) is 94.0 Å². The lowest BCUT2D eigenvalue weighted by atomic mass is 9.79. The summed E-state index contributed by atoms with van der Waals surface area (Å²) >= 11 is 0. The molecule has 0 N–H and O–H groups in total. The minimum Gasteiger partial charge on any atom is -0.255 e. The van der Waals surface area contributed by atoms with Crippen molar-refractivity contribution in [2.75, 3.05) is 20.5 Å². The first-order chi connectivity index (χ1) is 20.4. The SMILES string of the molecule is C=C(F)/C(=C\C=C(/CF)C1CC=C2C(Cc3ccc(C(=C)CCCCCCCC)c(CC)c3)=CC=CC21)CCF.CF.[HH].[HH].[HH].[HH]. The van der Waals surface area contributed by atoms with Gasteiger partial charge in [0, 0.05) is 18.0 Å². The van der Waals surface area contributed by atoms with E-state index in [9.17, 15) is 17.6 Å². The lowest BCUT2D eigenvalue weighted by Gasteiger charge is -2.25. The van der Waals surface area contributed by atoms with E-state index in [4.69, 9.17) is 0 Å². The highest BCUT2D eigenvalue weighted by atomic mass is 19.1. The van der Waals surface area contributed by atoms with Crippen LogP contribution in [-0.4, -0.2) is 20.5 Å². The van der Waals surface area contributed by atoms with Crippen LogP contribution in [0.3, 0.4) is 0 Å². The Hall–Kier alpha value is -2.88. The molecule has 0 saturated carbocycles. The Morgan fingerprint density at radius 1 is 1.00 bits per heavy atom. The summed E-state index contributed by atoms with van der Waals surface area (Å²) in [5.74, 6) is -0.589. The van der Waals surface area contributed by atoms with Crippen LogP contribution in [0.5, 0.6) is 0 Å². The summed E-state index contributed by atoms with van der Waals surface area (Å²) in [6.07, 6.45) is 23.0. The number of alkyl halides is 3. The molecular formula is C38H58F4. The Morgan fingerprint density at radius 2 is 1.74 bits per heavy atom. The molecule has 0 heterocycles. The molecule has 238 valence electrons. The van der Waals surface area contributed by atoms with Crippen LogP contribution in [0.15, 0.2) is 95.9 Å². The van der Waals surface area contributed by atoms with Gasteiger partial charge in [0.05, 0.1) is 13.9 Å². The van der Waals surface area contributed by atoms with Gasteiger partial charge in [0.2, 0.25) is 0 Å². The molecule has 2 aliphatic carbocycles. The molecule has 2 unspecified atom stereocenters. The Morgan fingerprint density at radius 3 is 2.40 bits per heavy atom. The van der Waals surface area contributed by atoms with Crippen molar-refractivity contribution in [3.63, 3.8) is 0 Å². The third-order valence-corrected chi connectivity index (χ3v) is 8.37. The van der Waals surface area contributed by atoms with Crippen molar-refractivity contribution in [1.29, 1.82) is 0 Å². The molecule has 42 heavy (non-hydrogen) atoms. The molecule has 0 spiro atoms. The van der Waals surface area contributed by atoms with Crippen LogP contribution in [0.2, 0.25) is 0 Å². The molecule has 2 atom stereocenters. The molecule has 0 saturated heterocycles. The molecule has 0 nitrogen and oxygen atoms in total. The van der Waals surface area contributed by atoms with Gasteiger partial charge in [-0.25, -0.2) is 8.78 Å². The maximum atomic E-state index is 14.1. The quantitative estimate of drug-likeness (QED) is 0.0961. The zero-order valence-corrected chi connectivity index (χ0v) is 26.0. The maximum absolute atomic E-state index is 14.1. The number of aryl methyl sites for hydroxylation is 1. The maximum Gasteiger partial charge on any atom is 0.119 e. The molecule has 3 rings (SSSR count). The van der Waals surface area contributed by atoms with E-state index in [2.05, 4.69) is 69.5 Å². The molecule has 0 aromatic heterocycles. The number of allylic oxidation sites excluding steroid dienone is 12. The second-order valence-electron chi connectivity index (χ2n) is 11.2. The molecule has 1 aromatic carbocycles. The molecule has 2 aliphatic rings. The Labute approximate surface area is 258 Å². The summed E-state index contributed by atoms with van der Waals surface area (Å²) in [5.41, 5.74) is 8.48. The van der Waals surface area contributed by atoms with Crippen molar-refractivity contribution in [3.8, 4) is 0 Å². The highest BCUT2D eigenvalue weighted by molar-refractivity contribution is 5.67. The number of unbranched alkanes of at least 4 members (excludes halogenated alkanes) is 5. The summed E-state index contributed by atoms with van der Waals surface area (Å²) in [4.78, 5) is 0. The van der Waals surface area contributed by atoms with Gasteiger partial charge in [-0.1, -0.05) is 114 Å². The third kappa shape index (κ3) is 10.1. The summed E-state index contributed by atoms with van der Waals surface area (Å²) < 4.78 is 50.1. The van der Waals surface area contributed by atoms with E-state index < -0.39 is 19.2 Å². The third-order valence-electron chi connectivity index (χ3n) is 8.37. The van der Waals surface area contributed by atoms with Crippen molar-refractivity contribution in [3.05, 3.63) is 113 Å². The normalized spacial score (nSPS) is 18.2. The molecule has 4 heteroatoms. The van der Waals surface area contributed by atoms with E-state index in [1.165, 1.54) is 78.0 Å². The molecule has 0 fully saturated rings. The van der Waals surface area contributed by atoms with Gasteiger partial charge in [-0.2, -0.15) is 0 Å². The Kier molecular flexibility index (Phi) is 16.3. The smallest absolute Gasteiger partial charge is 0.119 e. The fourth-order valence-electron chi connectivity index (χ4n) is 6.02. The molecular weight excluding hydrogens is 532 g/mol. The number of rotatable bonds is 17. The van der Waals surface area contributed by atoms with E-state index in [0.29, 0.717) is 12.8 Å². The van der Waals surface area contributed by atoms with Crippen LogP contribution in [0.25, 0.3) is 5.57 Å². The van der Waals surface area contributed by atoms with Crippen LogP contribution in [-0.2, 0) is 12.8 Å². The van der Waals surface area contributed by atoms with Crippen LogP contribution >= 0.6 is 0 Å². The van der Waals surface area contributed by atoms with E-state index in [1.54, 1.807) is 6.08 Å². The van der Waals surface area contributed by atoms with Gasteiger partial charge in [0.15, 0.2) is 0 Å². The molecule has 0 amide bonds. The lowest BCUT2D eigenvalue weighted by molar-refractivity contribution is 0.459. The Balaban J connectivity index is -0.00000302. The largest absolute Gasteiger partial charge is 0.255 e. The summed E-state index contributed by atoms with van der Waals surface area (Å²) in [7, 11) is 0.500.